The lowest BCUT2D eigenvalue weighted by Crippen LogP contribution is -2.45. The second-order valence-electron chi connectivity index (χ2n) is 5.47. The zero-order valence-corrected chi connectivity index (χ0v) is 12.4. The SMILES string of the molecule is CCn1cc(O[C@@H]2CCC[C@@H]2NC(=O)C2=NNC(=O)C2)cn1. The molecular formula is C14H19N5O3. The number of carbonyl (C=O) groups excluding carboxylic acids is 2. The summed E-state index contributed by atoms with van der Waals surface area (Å²) in [4.78, 5) is 23.2. The predicted molar refractivity (Wildman–Crippen MR) is 78.3 cm³/mol. The summed E-state index contributed by atoms with van der Waals surface area (Å²) in [7, 11) is 0. The number of hydrazone groups is 1. The van der Waals surface area contributed by atoms with Crippen molar-refractivity contribution < 1.29 is 14.3 Å². The van der Waals surface area contributed by atoms with Crippen LogP contribution >= 0.6 is 0 Å². The monoisotopic (exact) mass is 305 g/mol. The number of nitrogens with zero attached hydrogens (tertiary/aromatic N) is 3. The normalized spacial score (nSPS) is 24.0. The quantitative estimate of drug-likeness (QED) is 0.811. The van der Waals surface area contributed by atoms with E-state index in [4.69, 9.17) is 4.74 Å². The minimum absolute atomic E-state index is 0.0351. The van der Waals surface area contributed by atoms with Crippen molar-refractivity contribution in [3.8, 4) is 5.75 Å². The Labute approximate surface area is 127 Å². The number of carbonyl (C=O) groups is 2. The molecule has 2 heterocycles. The highest BCUT2D eigenvalue weighted by atomic mass is 16.5. The Morgan fingerprint density at radius 2 is 2.41 bits per heavy atom. The van der Waals surface area contributed by atoms with E-state index >= 15 is 0 Å². The van der Waals surface area contributed by atoms with Gasteiger partial charge in [-0.05, 0) is 26.2 Å². The molecule has 8 heteroatoms. The molecule has 0 saturated heterocycles. The molecule has 22 heavy (non-hydrogen) atoms. The van der Waals surface area contributed by atoms with Crippen molar-refractivity contribution >= 4 is 17.5 Å². The van der Waals surface area contributed by atoms with E-state index in [0.717, 1.165) is 25.8 Å². The molecule has 2 N–H and O–H groups in total. The Morgan fingerprint density at radius 3 is 3.09 bits per heavy atom. The summed E-state index contributed by atoms with van der Waals surface area (Å²) in [6.07, 6.45) is 6.21. The fourth-order valence-electron chi connectivity index (χ4n) is 2.73. The Kier molecular flexibility index (Phi) is 4.08. The van der Waals surface area contributed by atoms with Gasteiger partial charge in [-0.15, -0.1) is 0 Å². The molecule has 2 atom stereocenters. The Balaban J connectivity index is 1.58. The zero-order chi connectivity index (χ0) is 15.5. The minimum atomic E-state index is -0.303. The van der Waals surface area contributed by atoms with Crippen LogP contribution in [0.4, 0.5) is 0 Å². The highest BCUT2D eigenvalue weighted by Crippen LogP contribution is 2.24. The Morgan fingerprint density at radius 1 is 1.55 bits per heavy atom. The second-order valence-corrected chi connectivity index (χ2v) is 5.47. The van der Waals surface area contributed by atoms with E-state index in [-0.39, 0.29) is 36.1 Å². The first-order valence-corrected chi connectivity index (χ1v) is 7.51. The molecule has 1 aliphatic heterocycles. The van der Waals surface area contributed by atoms with Gasteiger partial charge in [0.25, 0.3) is 5.91 Å². The second kappa shape index (κ2) is 6.17. The lowest BCUT2D eigenvalue weighted by molar-refractivity contribution is -0.120. The maximum Gasteiger partial charge on any atom is 0.268 e. The predicted octanol–water partition coefficient (Wildman–Crippen LogP) is 0.195. The molecule has 1 aromatic heterocycles. The van der Waals surface area contributed by atoms with Crippen molar-refractivity contribution in [2.45, 2.75) is 51.3 Å². The highest BCUT2D eigenvalue weighted by Gasteiger charge is 2.32. The minimum Gasteiger partial charge on any atom is -0.485 e. The first-order valence-electron chi connectivity index (χ1n) is 7.51. The van der Waals surface area contributed by atoms with Gasteiger partial charge < -0.3 is 10.1 Å². The third-order valence-electron chi connectivity index (χ3n) is 3.90. The molecule has 1 saturated carbocycles. The van der Waals surface area contributed by atoms with Crippen molar-refractivity contribution in [1.29, 1.82) is 0 Å². The van der Waals surface area contributed by atoms with E-state index < -0.39 is 0 Å². The summed E-state index contributed by atoms with van der Waals surface area (Å²) in [6, 6.07) is -0.0733. The van der Waals surface area contributed by atoms with Gasteiger partial charge in [0.1, 0.15) is 11.8 Å². The average Bonchev–Trinajstić information content (AvgIpc) is 3.22. The van der Waals surface area contributed by atoms with E-state index in [1.165, 1.54) is 0 Å². The summed E-state index contributed by atoms with van der Waals surface area (Å²) >= 11 is 0. The van der Waals surface area contributed by atoms with Crippen LogP contribution in [0.15, 0.2) is 17.5 Å². The van der Waals surface area contributed by atoms with Crippen LogP contribution in [0.5, 0.6) is 5.75 Å². The number of hydrogen-bond donors (Lipinski definition) is 2. The van der Waals surface area contributed by atoms with Gasteiger partial charge in [-0.25, -0.2) is 5.43 Å². The van der Waals surface area contributed by atoms with Crippen LogP contribution in [0.25, 0.3) is 0 Å². The van der Waals surface area contributed by atoms with Crippen LogP contribution in [0, 0.1) is 0 Å². The van der Waals surface area contributed by atoms with Gasteiger partial charge in [0.2, 0.25) is 5.91 Å². The fraction of sp³-hybridized carbons (Fsp3) is 0.571. The topological polar surface area (TPSA) is 97.6 Å². The number of aromatic nitrogens is 2. The van der Waals surface area contributed by atoms with Crippen LogP contribution in [-0.4, -0.2) is 39.5 Å². The van der Waals surface area contributed by atoms with Gasteiger partial charge in [-0.2, -0.15) is 10.2 Å². The van der Waals surface area contributed by atoms with Crippen LogP contribution in [-0.2, 0) is 16.1 Å². The van der Waals surface area contributed by atoms with Crippen LogP contribution in [0.3, 0.4) is 0 Å². The zero-order valence-electron chi connectivity index (χ0n) is 12.4. The van der Waals surface area contributed by atoms with Crippen molar-refractivity contribution in [1.82, 2.24) is 20.5 Å². The molecule has 8 nitrogen and oxygen atoms in total. The molecule has 2 aliphatic rings. The summed E-state index contributed by atoms with van der Waals surface area (Å²) in [6.45, 7) is 2.79. The fourth-order valence-corrected chi connectivity index (χ4v) is 2.73. The molecule has 118 valence electrons. The first-order chi connectivity index (χ1) is 10.7. The summed E-state index contributed by atoms with van der Waals surface area (Å²) in [5.74, 6) is 0.155. The van der Waals surface area contributed by atoms with Crippen molar-refractivity contribution in [3.63, 3.8) is 0 Å². The number of rotatable bonds is 5. The summed E-state index contributed by atoms with van der Waals surface area (Å²) < 4.78 is 7.73. The van der Waals surface area contributed by atoms with Crippen molar-refractivity contribution in [2.24, 2.45) is 5.10 Å². The number of nitrogens with one attached hydrogen (secondary N) is 2. The van der Waals surface area contributed by atoms with Crippen LogP contribution < -0.4 is 15.5 Å². The largest absolute Gasteiger partial charge is 0.485 e. The van der Waals surface area contributed by atoms with Crippen molar-refractivity contribution in [2.75, 3.05) is 0 Å². The van der Waals surface area contributed by atoms with Gasteiger partial charge in [0, 0.05) is 6.54 Å². The Hall–Kier alpha value is -2.38. The molecule has 1 aromatic rings. The van der Waals surface area contributed by atoms with Crippen LogP contribution in [0.2, 0.25) is 0 Å². The van der Waals surface area contributed by atoms with Gasteiger partial charge in [0.05, 0.1) is 24.9 Å². The molecule has 0 bridgehead atoms. The molecule has 1 aliphatic carbocycles. The van der Waals surface area contributed by atoms with E-state index in [1.807, 2.05) is 13.1 Å². The summed E-state index contributed by atoms with van der Waals surface area (Å²) in [5, 5.41) is 10.8. The lowest BCUT2D eigenvalue weighted by Gasteiger charge is -2.21. The van der Waals surface area contributed by atoms with Gasteiger partial charge in [-0.1, -0.05) is 0 Å². The standard InChI is InChI=1S/C14H19N5O3/c1-2-19-8-9(7-15-19)22-12-5-3-4-10(12)16-14(21)11-6-13(20)18-17-11/h7-8,10,12H,2-6H2,1H3,(H,16,21)(H,18,20)/t10-,12+/m0/s1. The van der Waals surface area contributed by atoms with E-state index in [1.54, 1.807) is 10.9 Å². The third-order valence-corrected chi connectivity index (χ3v) is 3.90. The molecule has 0 spiro atoms. The maximum atomic E-state index is 12.1. The molecule has 1 fully saturated rings. The molecule has 3 rings (SSSR count). The van der Waals surface area contributed by atoms with Gasteiger partial charge in [0.15, 0.2) is 5.75 Å². The van der Waals surface area contributed by atoms with Gasteiger partial charge in [-0.3, -0.25) is 14.3 Å². The maximum absolute atomic E-state index is 12.1. The molecule has 2 amide bonds. The van der Waals surface area contributed by atoms with Crippen LogP contribution in [0.1, 0.15) is 32.6 Å². The first kappa shape index (κ1) is 14.6. The number of amides is 2. The smallest absolute Gasteiger partial charge is 0.268 e. The number of aryl methyl sites for hydroxylation is 1. The summed E-state index contributed by atoms with van der Waals surface area (Å²) in [5.41, 5.74) is 2.51. The molecule has 0 aromatic carbocycles. The van der Waals surface area contributed by atoms with E-state index in [2.05, 4.69) is 20.9 Å². The third kappa shape index (κ3) is 3.10. The lowest BCUT2D eigenvalue weighted by atomic mass is 10.2. The molecule has 0 radical (unpaired) electrons. The highest BCUT2D eigenvalue weighted by molar-refractivity contribution is 6.43. The van der Waals surface area contributed by atoms with Gasteiger partial charge >= 0.3 is 0 Å². The van der Waals surface area contributed by atoms with Crippen molar-refractivity contribution in [3.05, 3.63) is 12.4 Å². The molecule has 0 unspecified atom stereocenters. The molecular weight excluding hydrogens is 286 g/mol. The number of ether oxygens (including phenoxy) is 1. The van der Waals surface area contributed by atoms with E-state index in [0.29, 0.717) is 5.75 Å². The Bertz CT molecular complexity index is 609. The average molecular weight is 305 g/mol. The van der Waals surface area contributed by atoms with E-state index in [9.17, 15) is 9.59 Å². The number of hydrogen-bond acceptors (Lipinski definition) is 5.